The van der Waals surface area contributed by atoms with Gasteiger partial charge >= 0.3 is 0 Å². The molecule has 1 aromatic carbocycles. The molecule has 0 aliphatic carbocycles. The van der Waals surface area contributed by atoms with E-state index in [4.69, 9.17) is 4.74 Å². The predicted molar refractivity (Wildman–Crippen MR) is 80.8 cm³/mol. The molecule has 18 heavy (non-hydrogen) atoms. The van der Waals surface area contributed by atoms with Crippen LogP contribution in [-0.2, 0) is 4.74 Å². The van der Waals surface area contributed by atoms with Crippen molar-refractivity contribution < 1.29 is 4.74 Å². The van der Waals surface area contributed by atoms with Gasteiger partial charge in [-0.2, -0.15) is 0 Å². The van der Waals surface area contributed by atoms with Gasteiger partial charge in [0.15, 0.2) is 0 Å². The van der Waals surface area contributed by atoms with Crippen molar-refractivity contribution in [2.75, 3.05) is 6.61 Å². The van der Waals surface area contributed by atoms with Crippen LogP contribution in [0.5, 0.6) is 0 Å². The molecule has 1 atom stereocenters. The molecule has 0 bridgehead atoms. The minimum absolute atomic E-state index is 0.213. The first-order valence-corrected chi connectivity index (χ1v) is 9.70. The van der Waals surface area contributed by atoms with Gasteiger partial charge in [0, 0.05) is 0 Å². The molecule has 1 aromatic rings. The SMILES string of the molecule is C=C[C@H]1C/C(=C/[Si](C)(C)c2ccccc2)CCO1. The molecule has 2 heteroatoms. The second-order valence-corrected chi connectivity index (χ2v) is 9.80. The molecule has 0 spiro atoms. The highest BCUT2D eigenvalue weighted by Crippen LogP contribution is 2.22. The number of hydrogen-bond acceptors (Lipinski definition) is 1. The number of ether oxygens (including phenoxy) is 1. The molecule has 1 nitrogen and oxygen atoms in total. The molecular weight excluding hydrogens is 236 g/mol. The maximum atomic E-state index is 5.63. The van der Waals surface area contributed by atoms with E-state index in [9.17, 15) is 0 Å². The fourth-order valence-corrected chi connectivity index (χ4v) is 5.01. The summed E-state index contributed by atoms with van der Waals surface area (Å²) in [6, 6.07) is 10.9. The molecule has 0 aromatic heterocycles. The van der Waals surface area contributed by atoms with Crippen LogP contribution < -0.4 is 5.19 Å². The predicted octanol–water partition coefficient (Wildman–Crippen LogP) is 3.43. The molecule has 1 saturated heterocycles. The molecular formula is C16H22OSi. The van der Waals surface area contributed by atoms with Gasteiger partial charge in [-0.15, -0.1) is 6.58 Å². The molecule has 1 aliphatic rings. The average Bonchev–Trinajstić information content (AvgIpc) is 2.39. The lowest BCUT2D eigenvalue weighted by Gasteiger charge is -2.26. The molecule has 0 N–H and O–H groups in total. The van der Waals surface area contributed by atoms with Crippen molar-refractivity contribution in [1.82, 2.24) is 0 Å². The van der Waals surface area contributed by atoms with Gasteiger partial charge in [-0.1, -0.05) is 66.0 Å². The third-order valence-corrected chi connectivity index (χ3v) is 6.52. The Labute approximate surface area is 111 Å². The van der Waals surface area contributed by atoms with Gasteiger partial charge in [-0.3, -0.25) is 0 Å². The summed E-state index contributed by atoms with van der Waals surface area (Å²) in [6.45, 7) is 9.49. The lowest BCUT2D eigenvalue weighted by Crippen LogP contribution is -2.40. The zero-order chi connectivity index (χ0) is 13.0. The number of rotatable bonds is 3. The van der Waals surface area contributed by atoms with Gasteiger partial charge in [0.1, 0.15) is 8.07 Å². The maximum Gasteiger partial charge on any atom is 0.104 e. The molecule has 1 heterocycles. The molecule has 1 fully saturated rings. The van der Waals surface area contributed by atoms with Gasteiger partial charge in [0.2, 0.25) is 0 Å². The van der Waals surface area contributed by atoms with Gasteiger partial charge in [0.25, 0.3) is 0 Å². The topological polar surface area (TPSA) is 9.23 Å². The van der Waals surface area contributed by atoms with Crippen LogP contribution in [0.3, 0.4) is 0 Å². The molecule has 2 rings (SSSR count). The second-order valence-electron chi connectivity index (χ2n) is 5.49. The van der Waals surface area contributed by atoms with Crippen molar-refractivity contribution in [1.29, 1.82) is 0 Å². The normalized spacial score (nSPS) is 23.0. The minimum atomic E-state index is -1.46. The molecule has 0 radical (unpaired) electrons. The molecule has 0 unspecified atom stereocenters. The van der Waals surface area contributed by atoms with Gasteiger partial charge in [-0.05, 0) is 12.8 Å². The van der Waals surface area contributed by atoms with Crippen LogP contribution in [0.1, 0.15) is 12.8 Å². The highest BCUT2D eigenvalue weighted by Gasteiger charge is 2.23. The average molecular weight is 258 g/mol. The van der Waals surface area contributed by atoms with Crippen LogP contribution in [0.2, 0.25) is 13.1 Å². The van der Waals surface area contributed by atoms with Gasteiger partial charge in [0.05, 0.1) is 12.7 Å². The first kappa shape index (κ1) is 13.3. The lowest BCUT2D eigenvalue weighted by atomic mass is 10.0. The first-order chi connectivity index (χ1) is 8.62. The summed E-state index contributed by atoms with van der Waals surface area (Å²) < 4.78 is 5.63. The van der Waals surface area contributed by atoms with Crippen molar-refractivity contribution in [3.63, 3.8) is 0 Å². The highest BCUT2D eigenvalue weighted by molar-refractivity contribution is 6.94. The van der Waals surface area contributed by atoms with Crippen molar-refractivity contribution in [3.05, 3.63) is 54.3 Å². The van der Waals surface area contributed by atoms with E-state index in [-0.39, 0.29) is 6.10 Å². The maximum absolute atomic E-state index is 5.63. The summed E-state index contributed by atoms with van der Waals surface area (Å²) in [6.07, 6.45) is 4.23. The summed E-state index contributed by atoms with van der Waals surface area (Å²) in [5.41, 5.74) is 4.09. The fourth-order valence-electron chi connectivity index (χ4n) is 2.50. The standard InChI is InChI=1S/C16H22OSi/c1-4-15-12-14(10-11-17-15)13-18(2,3)16-8-6-5-7-9-16/h4-9,13,15H,1,10-12H2,2-3H3/b14-13+/t15-/m0/s1. The summed E-state index contributed by atoms with van der Waals surface area (Å²) >= 11 is 0. The number of benzene rings is 1. The smallest absolute Gasteiger partial charge is 0.104 e. The summed E-state index contributed by atoms with van der Waals surface area (Å²) in [5.74, 6) is 0. The van der Waals surface area contributed by atoms with Gasteiger partial charge < -0.3 is 4.74 Å². The van der Waals surface area contributed by atoms with E-state index >= 15 is 0 Å². The second kappa shape index (κ2) is 5.68. The Balaban J connectivity index is 2.18. The summed E-state index contributed by atoms with van der Waals surface area (Å²) in [7, 11) is -1.46. The Hall–Kier alpha value is -1.12. The van der Waals surface area contributed by atoms with E-state index < -0.39 is 8.07 Å². The third kappa shape index (κ3) is 3.21. The van der Waals surface area contributed by atoms with Crippen LogP contribution in [0.15, 0.2) is 54.3 Å². The molecule has 0 saturated carbocycles. The Kier molecular flexibility index (Phi) is 4.20. The van der Waals surface area contributed by atoms with Crippen LogP contribution >= 0.6 is 0 Å². The Morgan fingerprint density at radius 2 is 2.00 bits per heavy atom. The van der Waals surface area contributed by atoms with Crippen molar-refractivity contribution in [2.45, 2.75) is 32.0 Å². The fraction of sp³-hybridized carbons (Fsp3) is 0.375. The Bertz CT molecular complexity index is 434. The van der Waals surface area contributed by atoms with E-state index in [2.05, 4.69) is 55.7 Å². The van der Waals surface area contributed by atoms with Crippen LogP contribution in [0.4, 0.5) is 0 Å². The zero-order valence-corrected chi connectivity index (χ0v) is 12.4. The van der Waals surface area contributed by atoms with Gasteiger partial charge in [-0.25, -0.2) is 0 Å². The van der Waals surface area contributed by atoms with E-state index in [0.717, 1.165) is 19.4 Å². The van der Waals surface area contributed by atoms with Crippen LogP contribution in [0.25, 0.3) is 0 Å². The van der Waals surface area contributed by atoms with E-state index in [0.29, 0.717) is 0 Å². The van der Waals surface area contributed by atoms with Crippen LogP contribution in [0, 0.1) is 0 Å². The zero-order valence-electron chi connectivity index (χ0n) is 11.4. The Morgan fingerprint density at radius 3 is 2.67 bits per heavy atom. The first-order valence-electron chi connectivity index (χ1n) is 6.62. The van der Waals surface area contributed by atoms with E-state index in [1.807, 2.05) is 6.08 Å². The van der Waals surface area contributed by atoms with Crippen molar-refractivity contribution in [2.24, 2.45) is 0 Å². The largest absolute Gasteiger partial charge is 0.374 e. The van der Waals surface area contributed by atoms with Crippen LogP contribution in [-0.4, -0.2) is 20.8 Å². The quantitative estimate of drug-likeness (QED) is 0.596. The number of hydrogen-bond donors (Lipinski definition) is 0. The Morgan fingerprint density at radius 1 is 1.28 bits per heavy atom. The van der Waals surface area contributed by atoms with Crippen molar-refractivity contribution >= 4 is 13.3 Å². The summed E-state index contributed by atoms with van der Waals surface area (Å²) in [4.78, 5) is 0. The lowest BCUT2D eigenvalue weighted by molar-refractivity contribution is 0.0677. The van der Waals surface area contributed by atoms with E-state index in [1.54, 1.807) is 5.57 Å². The monoisotopic (exact) mass is 258 g/mol. The molecule has 0 amide bonds. The molecule has 96 valence electrons. The third-order valence-electron chi connectivity index (χ3n) is 3.56. The minimum Gasteiger partial charge on any atom is -0.374 e. The summed E-state index contributed by atoms with van der Waals surface area (Å²) in [5, 5.41) is 1.50. The molecule has 1 aliphatic heterocycles. The van der Waals surface area contributed by atoms with E-state index in [1.165, 1.54) is 5.19 Å². The van der Waals surface area contributed by atoms with Crippen molar-refractivity contribution in [3.8, 4) is 0 Å². The highest BCUT2D eigenvalue weighted by atomic mass is 28.3.